The number of rotatable bonds is 5. The largest absolute Gasteiger partial charge is 0.493 e. The van der Waals surface area contributed by atoms with Crippen molar-refractivity contribution in [2.24, 2.45) is 0 Å². The van der Waals surface area contributed by atoms with Gasteiger partial charge < -0.3 is 19.8 Å². The maximum absolute atomic E-state index is 12.7. The molecule has 0 bridgehead atoms. The highest BCUT2D eigenvalue weighted by Gasteiger charge is 2.14. The third-order valence-corrected chi connectivity index (χ3v) is 5.19. The van der Waals surface area contributed by atoms with Gasteiger partial charge in [0.1, 0.15) is 5.82 Å². The Morgan fingerprint density at radius 3 is 2.50 bits per heavy atom. The number of amides is 1. The molecular formula is C23H20ClN3O3. The molecule has 1 aromatic heterocycles. The summed E-state index contributed by atoms with van der Waals surface area (Å²) in [6, 6.07) is 16.4. The van der Waals surface area contributed by atoms with Gasteiger partial charge in [-0.2, -0.15) is 0 Å². The molecule has 1 amide bonds. The number of H-pyrrole nitrogens is 1. The van der Waals surface area contributed by atoms with E-state index in [0.717, 1.165) is 22.2 Å². The Morgan fingerprint density at radius 1 is 1.03 bits per heavy atom. The van der Waals surface area contributed by atoms with Crippen LogP contribution in [-0.2, 0) is 0 Å². The zero-order valence-electron chi connectivity index (χ0n) is 16.7. The van der Waals surface area contributed by atoms with Crippen LogP contribution in [0.3, 0.4) is 0 Å². The number of hydrogen-bond donors (Lipinski definition) is 2. The van der Waals surface area contributed by atoms with Gasteiger partial charge in [0.2, 0.25) is 0 Å². The Kier molecular flexibility index (Phi) is 5.33. The Labute approximate surface area is 178 Å². The number of fused-ring (bicyclic) bond motifs is 1. The van der Waals surface area contributed by atoms with Crippen LogP contribution in [0.5, 0.6) is 11.5 Å². The van der Waals surface area contributed by atoms with E-state index in [1.165, 1.54) is 0 Å². The summed E-state index contributed by atoms with van der Waals surface area (Å²) < 4.78 is 10.7. The number of halogens is 1. The second-order valence-electron chi connectivity index (χ2n) is 6.77. The number of carbonyl (C=O) groups excluding carboxylic acids is 1. The molecule has 1 heterocycles. The Balaban J connectivity index is 1.69. The Morgan fingerprint density at radius 2 is 1.77 bits per heavy atom. The van der Waals surface area contributed by atoms with Gasteiger partial charge in [0, 0.05) is 23.4 Å². The maximum atomic E-state index is 12.7. The number of nitrogens with one attached hydrogen (secondary N) is 2. The number of methoxy groups -OCH3 is 2. The molecule has 2 N–H and O–H groups in total. The molecule has 0 atom stereocenters. The molecule has 0 saturated heterocycles. The Hall–Kier alpha value is -3.51. The van der Waals surface area contributed by atoms with E-state index in [9.17, 15) is 4.79 Å². The lowest BCUT2D eigenvalue weighted by Crippen LogP contribution is -2.13. The van der Waals surface area contributed by atoms with E-state index < -0.39 is 0 Å². The molecular weight excluding hydrogens is 402 g/mol. The Bertz CT molecular complexity index is 1210. The fourth-order valence-electron chi connectivity index (χ4n) is 3.21. The van der Waals surface area contributed by atoms with Crippen LogP contribution in [0.4, 0.5) is 5.69 Å². The molecule has 0 aliphatic carbocycles. The lowest BCUT2D eigenvalue weighted by molar-refractivity contribution is 0.102. The van der Waals surface area contributed by atoms with Crippen LogP contribution in [-0.4, -0.2) is 30.1 Å². The van der Waals surface area contributed by atoms with E-state index in [1.54, 1.807) is 38.5 Å². The summed E-state index contributed by atoms with van der Waals surface area (Å²) in [6.45, 7) is 1.93. The van der Waals surface area contributed by atoms with Crippen molar-refractivity contribution in [1.29, 1.82) is 0 Å². The van der Waals surface area contributed by atoms with Gasteiger partial charge in [-0.25, -0.2) is 4.98 Å². The highest BCUT2D eigenvalue weighted by atomic mass is 35.5. The van der Waals surface area contributed by atoms with Crippen LogP contribution in [0, 0.1) is 6.92 Å². The molecule has 4 aromatic rings. The number of benzene rings is 3. The van der Waals surface area contributed by atoms with Crippen LogP contribution >= 0.6 is 11.6 Å². The average molecular weight is 422 g/mol. The minimum Gasteiger partial charge on any atom is -0.493 e. The van der Waals surface area contributed by atoms with Crippen molar-refractivity contribution in [3.63, 3.8) is 0 Å². The average Bonchev–Trinajstić information content (AvgIpc) is 3.17. The number of aryl methyl sites for hydroxylation is 1. The molecule has 0 fully saturated rings. The second-order valence-corrected chi connectivity index (χ2v) is 7.18. The fraction of sp³-hybridized carbons (Fsp3) is 0.130. The third kappa shape index (κ3) is 3.69. The first kappa shape index (κ1) is 19.8. The van der Waals surface area contributed by atoms with Gasteiger partial charge in [-0.1, -0.05) is 35.9 Å². The summed E-state index contributed by atoms with van der Waals surface area (Å²) >= 11 is 6.15. The van der Waals surface area contributed by atoms with E-state index in [2.05, 4.69) is 15.3 Å². The van der Waals surface area contributed by atoms with E-state index in [0.29, 0.717) is 33.6 Å². The van der Waals surface area contributed by atoms with Crippen molar-refractivity contribution in [1.82, 2.24) is 9.97 Å². The number of anilines is 1. The van der Waals surface area contributed by atoms with Crippen LogP contribution in [0.25, 0.3) is 22.4 Å². The van der Waals surface area contributed by atoms with E-state index in [-0.39, 0.29) is 5.91 Å². The minimum atomic E-state index is -0.264. The second kappa shape index (κ2) is 8.08. The van der Waals surface area contributed by atoms with Crippen LogP contribution in [0.1, 0.15) is 15.9 Å². The monoisotopic (exact) mass is 421 g/mol. The smallest absolute Gasteiger partial charge is 0.257 e. The van der Waals surface area contributed by atoms with Crippen molar-refractivity contribution in [3.8, 4) is 22.9 Å². The molecule has 0 radical (unpaired) electrons. The number of aromatic nitrogens is 2. The number of ether oxygens (including phenoxy) is 2. The first-order valence-electron chi connectivity index (χ1n) is 9.29. The zero-order valence-corrected chi connectivity index (χ0v) is 17.5. The van der Waals surface area contributed by atoms with Gasteiger partial charge in [-0.05, 0) is 30.7 Å². The van der Waals surface area contributed by atoms with Crippen LogP contribution in [0.15, 0.2) is 54.6 Å². The number of nitrogens with zero attached hydrogens (tertiary/aromatic N) is 1. The molecule has 0 aliphatic rings. The normalized spacial score (nSPS) is 10.8. The lowest BCUT2D eigenvalue weighted by atomic mass is 10.1. The van der Waals surface area contributed by atoms with Crippen molar-refractivity contribution in [2.75, 3.05) is 19.5 Å². The van der Waals surface area contributed by atoms with Gasteiger partial charge in [-0.15, -0.1) is 0 Å². The van der Waals surface area contributed by atoms with E-state index in [4.69, 9.17) is 21.1 Å². The molecule has 7 heteroatoms. The lowest BCUT2D eigenvalue weighted by Gasteiger charge is -2.11. The maximum Gasteiger partial charge on any atom is 0.257 e. The van der Waals surface area contributed by atoms with Crippen molar-refractivity contribution in [3.05, 3.63) is 70.7 Å². The predicted molar refractivity (Wildman–Crippen MR) is 119 cm³/mol. The molecule has 3 aromatic carbocycles. The summed E-state index contributed by atoms with van der Waals surface area (Å²) in [4.78, 5) is 20.6. The number of imidazole rings is 1. The molecule has 30 heavy (non-hydrogen) atoms. The number of hydrogen-bond acceptors (Lipinski definition) is 4. The standard InChI is InChI=1S/C23H20ClN3O3/c1-13-8-9-14(10-17(13)27-23(28)15-6-4-5-7-16(15)24)22-25-18-11-20(29-2)21(30-3)12-19(18)26-22/h4-12H,1-3H3,(H,25,26)(H,27,28). The van der Waals surface area contributed by atoms with Gasteiger partial charge in [-0.3, -0.25) is 4.79 Å². The van der Waals surface area contributed by atoms with E-state index in [1.807, 2.05) is 37.3 Å². The first-order valence-corrected chi connectivity index (χ1v) is 9.66. The molecule has 4 rings (SSSR count). The van der Waals surface area contributed by atoms with Crippen LogP contribution in [0.2, 0.25) is 5.02 Å². The van der Waals surface area contributed by atoms with Gasteiger partial charge >= 0.3 is 0 Å². The number of carbonyl (C=O) groups is 1. The molecule has 6 nitrogen and oxygen atoms in total. The van der Waals surface area contributed by atoms with Gasteiger partial charge in [0.05, 0.1) is 35.8 Å². The topological polar surface area (TPSA) is 76.2 Å². The fourth-order valence-corrected chi connectivity index (χ4v) is 3.43. The third-order valence-electron chi connectivity index (χ3n) is 4.86. The molecule has 0 unspecified atom stereocenters. The summed E-state index contributed by atoms with van der Waals surface area (Å²) in [7, 11) is 3.18. The highest BCUT2D eigenvalue weighted by molar-refractivity contribution is 6.34. The first-order chi connectivity index (χ1) is 14.5. The molecule has 0 spiro atoms. The summed E-state index contributed by atoms with van der Waals surface area (Å²) in [5, 5.41) is 3.35. The number of aromatic amines is 1. The SMILES string of the molecule is COc1cc2nc(-c3ccc(C)c(NC(=O)c4ccccc4Cl)c3)[nH]c2cc1OC. The van der Waals surface area contributed by atoms with Crippen molar-refractivity contribution < 1.29 is 14.3 Å². The van der Waals surface area contributed by atoms with Crippen LogP contribution < -0.4 is 14.8 Å². The molecule has 0 aliphatic heterocycles. The molecule has 152 valence electrons. The van der Waals surface area contributed by atoms with Crippen molar-refractivity contribution >= 4 is 34.2 Å². The minimum absolute atomic E-state index is 0.264. The molecule has 0 saturated carbocycles. The summed E-state index contributed by atoms with van der Waals surface area (Å²) in [5.41, 5.74) is 4.46. The quantitative estimate of drug-likeness (QED) is 0.448. The summed E-state index contributed by atoms with van der Waals surface area (Å²) in [5.74, 6) is 1.64. The van der Waals surface area contributed by atoms with E-state index >= 15 is 0 Å². The van der Waals surface area contributed by atoms with Gasteiger partial charge in [0.15, 0.2) is 11.5 Å². The highest BCUT2D eigenvalue weighted by Crippen LogP contribution is 2.33. The van der Waals surface area contributed by atoms with Gasteiger partial charge in [0.25, 0.3) is 5.91 Å². The zero-order chi connectivity index (χ0) is 21.3. The van der Waals surface area contributed by atoms with Crippen molar-refractivity contribution in [2.45, 2.75) is 6.92 Å². The predicted octanol–water partition coefficient (Wildman–Crippen LogP) is 5.46. The summed E-state index contributed by atoms with van der Waals surface area (Å²) in [6.07, 6.45) is 0.